The van der Waals surface area contributed by atoms with E-state index in [1.165, 1.54) is 18.9 Å². The predicted octanol–water partition coefficient (Wildman–Crippen LogP) is 4.53. The molecule has 0 unspecified atom stereocenters. The molecule has 2 aromatic carbocycles. The third-order valence-electron chi connectivity index (χ3n) is 4.31. The van der Waals surface area contributed by atoms with Crippen LogP contribution in [0.2, 0.25) is 0 Å². The molecule has 0 saturated heterocycles. The van der Waals surface area contributed by atoms with E-state index in [0.29, 0.717) is 21.4 Å². The number of hydrogen-bond donors (Lipinski definition) is 1. The van der Waals surface area contributed by atoms with Crippen molar-refractivity contribution in [3.63, 3.8) is 0 Å². The summed E-state index contributed by atoms with van der Waals surface area (Å²) in [7, 11) is 1.28. The molecule has 0 atom stereocenters. The van der Waals surface area contributed by atoms with Gasteiger partial charge in [-0.05, 0) is 42.3 Å². The fraction of sp³-hybridized carbons (Fsp3) is 0.143. The molecule has 0 radical (unpaired) electrons. The van der Waals surface area contributed by atoms with Gasteiger partial charge in [0.25, 0.3) is 0 Å². The molecule has 2 aliphatic heterocycles. The third kappa shape index (κ3) is 3.36. The first-order valence-electron chi connectivity index (χ1n) is 8.52. The molecule has 0 saturated carbocycles. The normalized spacial score (nSPS) is 18.2. The molecule has 28 heavy (non-hydrogen) atoms. The first-order chi connectivity index (χ1) is 13.6. The second-order valence-electron chi connectivity index (χ2n) is 6.14. The van der Waals surface area contributed by atoms with Crippen molar-refractivity contribution in [3.05, 3.63) is 69.8 Å². The second kappa shape index (κ2) is 7.44. The van der Waals surface area contributed by atoms with Crippen LogP contribution < -0.4 is 9.47 Å². The van der Waals surface area contributed by atoms with Crippen molar-refractivity contribution in [2.24, 2.45) is 4.99 Å². The number of aryl methyl sites for hydroxylation is 1. The molecule has 142 valence electrons. The van der Waals surface area contributed by atoms with Crippen LogP contribution in [-0.2, 0) is 9.53 Å². The topological polar surface area (TPSA) is 77.4 Å². The first kappa shape index (κ1) is 18.2. The van der Waals surface area contributed by atoms with Crippen LogP contribution in [0.25, 0.3) is 6.08 Å². The summed E-state index contributed by atoms with van der Waals surface area (Å²) >= 11 is 1.22. The molecule has 1 N–H and O–H groups in total. The van der Waals surface area contributed by atoms with Crippen molar-refractivity contribution in [3.8, 4) is 11.5 Å². The lowest BCUT2D eigenvalue weighted by molar-refractivity contribution is -0.135. The van der Waals surface area contributed by atoms with Crippen LogP contribution in [0.4, 0.5) is 5.69 Å². The Morgan fingerprint density at radius 3 is 2.79 bits per heavy atom. The van der Waals surface area contributed by atoms with Crippen LogP contribution in [0.15, 0.2) is 63.7 Å². The largest absolute Gasteiger partial charge is 0.506 e. The van der Waals surface area contributed by atoms with Gasteiger partial charge < -0.3 is 19.3 Å². The van der Waals surface area contributed by atoms with Crippen molar-refractivity contribution < 1.29 is 24.1 Å². The average molecular weight is 395 g/mol. The molecule has 4 rings (SSSR count). The van der Waals surface area contributed by atoms with E-state index in [2.05, 4.69) is 4.99 Å². The van der Waals surface area contributed by atoms with Gasteiger partial charge in [-0.25, -0.2) is 9.79 Å². The number of thioether (sulfide) groups is 1. The van der Waals surface area contributed by atoms with Crippen LogP contribution in [0.1, 0.15) is 11.1 Å². The number of fused-ring (bicyclic) bond motifs is 1. The van der Waals surface area contributed by atoms with E-state index in [9.17, 15) is 9.90 Å². The molecule has 0 aromatic heterocycles. The fourth-order valence-corrected chi connectivity index (χ4v) is 3.87. The number of para-hydroxylation sites is 1. The van der Waals surface area contributed by atoms with Gasteiger partial charge in [0.05, 0.1) is 17.7 Å². The zero-order valence-electron chi connectivity index (χ0n) is 15.3. The molecule has 2 aromatic rings. The van der Waals surface area contributed by atoms with E-state index in [4.69, 9.17) is 14.2 Å². The minimum Gasteiger partial charge on any atom is -0.506 e. The smallest absolute Gasteiger partial charge is 0.344 e. The van der Waals surface area contributed by atoms with Crippen molar-refractivity contribution in [2.45, 2.75) is 6.92 Å². The van der Waals surface area contributed by atoms with Gasteiger partial charge in [0, 0.05) is 0 Å². The van der Waals surface area contributed by atoms with E-state index in [1.54, 1.807) is 12.1 Å². The van der Waals surface area contributed by atoms with E-state index >= 15 is 0 Å². The molecule has 2 aliphatic rings. The second-order valence-corrected chi connectivity index (χ2v) is 7.17. The number of nitrogens with zero attached hydrogens (tertiary/aromatic N) is 1. The van der Waals surface area contributed by atoms with E-state index in [1.807, 2.05) is 43.3 Å². The number of ether oxygens (including phenoxy) is 3. The van der Waals surface area contributed by atoms with E-state index < -0.39 is 5.97 Å². The number of hydrogen-bond acceptors (Lipinski definition) is 7. The Balaban J connectivity index is 1.75. The van der Waals surface area contributed by atoms with Gasteiger partial charge in [0.1, 0.15) is 16.4 Å². The van der Waals surface area contributed by atoms with E-state index in [0.717, 1.165) is 16.8 Å². The number of methoxy groups -OCH3 is 1. The summed E-state index contributed by atoms with van der Waals surface area (Å²) < 4.78 is 15.6. The molecule has 0 aliphatic carbocycles. The number of aliphatic imine (C=N–C) groups is 1. The number of aliphatic hydroxyl groups is 1. The van der Waals surface area contributed by atoms with Crippen LogP contribution in [0.5, 0.6) is 11.5 Å². The lowest BCUT2D eigenvalue weighted by Gasteiger charge is -2.03. The minimum atomic E-state index is -0.633. The van der Waals surface area contributed by atoms with Crippen LogP contribution in [-0.4, -0.2) is 30.0 Å². The Bertz CT molecular complexity index is 1050. The molecule has 0 fully saturated rings. The third-order valence-corrected chi connectivity index (χ3v) is 5.33. The SMILES string of the molecule is COC(=O)C1=C(O)/C(=C\c2ccc3c(c2)OCO3)SC1=Nc1ccccc1C. The maximum Gasteiger partial charge on any atom is 0.344 e. The number of esters is 1. The Labute approximate surface area is 166 Å². The molecule has 0 spiro atoms. The monoisotopic (exact) mass is 395 g/mol. The maximum absolute atomic E-state index is 12.3. The number of rotatable bonds is 3. The van der Waals surface area contributed by atoms with Gasteiger partial charge >= 0.3 is 5.97 Å². The highest BCUT2D eigenvalue weighted by molar-refractivity contribution is 8.18. The number of aliphatic hydroxyl groups excluding tert-OH is 1. The lowest BCUT2D eigenvalue weighted by Crippen LogP contribution is -2.10. The summed E-state index contributed by atoms with van der Waals surface area (Å²) in [4.78, 5) is 17.4. The zero-order valence-corrected chi connectivity index (χ0v) is 16.1. The van der Waals surface area contributed by atoms with Crippen molar-refractivity contribution >= 4 is 34.5 Å². The quantitative estimate of drug-likeness (QED) is 0.770. The molecule has 0 amide bonds. The first-order valence-corrected chi connectivity index (χ1v) is 9.34. The fourth-order valence-electron chi connectivity index (χ4n) is 2.84. The summed E-state index contributed by atoms with van der Waals surface area (Å²) in [6.45, 7) is 2.12. The van der Waals surface area contributed by atoms with Gasteiger partial charge in [0.15, 0.2) is 11.5 Å². The summed E-state index contributed by atoms with van der Waals surface area (Å²) in [6.07, 6.45) is 1.77. The van der Waals surface area contributed by atoms with Crippen LogP contribution in [0, 0.1) is 6.92 Å². The number of benzene rings is 2. The number of carbonyl (C=O) groups is 1. The highest BCUT2D eigenvalue weighted by Crippen LogP contribution is 2.41. The zero-order chi connectivity index (χ0) is 19.7. The molecule has 6 nitrogen and oxygen atoms in total. The summed E-state index contributed by atoms with van der Waals surface area (Å²) in [5, 5.41) is 11.1. The molecule has 7 heteroatoms. The van der Waals surface area contributed by atoms with Crippen LogP contribution >= 0.6 is 11.8 Å². The van der Waals surface area contributed by atoms with Gasteiger partial charge in [0.2, 0.25) is 6.79 Å². The summed E-state index contributed by atoms with van der Waals surface area (Å²) in [5.74, 6) is 0.536. The Morgan fingerprint density at radius 2 is 2.00 bits per heavy atom. The van der Waals surface area contributed by atoms with Gasteiger partial charge in [-0.3, -0.25) is 0 Å². The Hall–Kier alpha value is -3.19. The van der Waals surface area contributed by atoms with Crippen molar-refractivity contribution in [1.29, 1.82) is 0 Å². The lowest BCUT2D eigenvalue weighted by atomic mass is 10.1. The average Bonchev–Trinajstić information content (AvgIpc) is 3.27. The summed E-state index contributed by atoms with van der Waals surface area (Å²) in [6, 6.07) is 13.0. The van der Waals surface area contributed by atoms with E-state index in [-0.39, 0.29) is 18.1 Å². The number of carbonyl (C=O) groups excluding carboxylic acids is 1. The highest BCUT2D eigenvalue weighted by Gasteiger charge is 2.33. The van der Waals surface area contributed by atoms with Gasteiger partial charge in [-0.1, -0.05) is 36.0 Å². The maximum atomic E-state index is 12.3. The Morgan fingerprint density at radius 1 is 1.21 bits per heavy atom. The molecular formula is C21H17NO5S. The predicted molar refractivity (Wildman–Crippen MR) is 108 cm³/mol. The Kier molecular flexibility index (Phi) is 4.83. The van der Waals surface area contributed by atoms with Crippen molar-refractivity contribution in [2.75, 3.05) is 13.9 Å². The standard InChI is InChI=1S/C21H17NO5S/c1-12-5-3-4-6-14(12)22-20-18(21(24)25-2)19(23)17(28-20)10-13-7-8-15-16(9-13)27-11-26-15/h3-10,23H,11H2,1-2H3/b17-10+,22-20?. The van der Waals surface area contributed by atoms with Crippen molar-refractivity contribution in [1.82, 2.24) is 0 Å². The summed E-state index contributed by atoms with van der Waals surface area (Å²) in [5.41, 5.74) is 2.55. The van der Waals surface area contributed by atoms with Gasteiger partial charge in [-0.2, -0.15) is 0 Å². The van der Waals surface area contributed by atoms with Crippen LogP contribution in [0.3, 0.4) is 0 Å². The molecule has 2 heterocycles. The highest BCUT2D eigenvalue weighted by atomic mass is 32.2. The van der Waals surface area contributed by atoms with Gasteiger partial charge in [-0.15, -0.1) is 0 Å². The molecule has 0 bridgehead atoms. The minimum absolute atomic E-state index is 0.0581. The molecular weight excluding hydrogens is 378 g/mol.